The highest BCUT2D eigenvalue weighted by Crippen LogP contribution is 2.20. The Bertz CT molecular complexity index is 68.5. The maximum absolute atomic E-state index is 4.97. The summed E-state index contributed by atoms with van der Waals surface area (Å²) in [5.74, 6) is 0. The molecule has 0 aromatic carbocycles. The van der Waals surface area contributed by atoms with E-state index in [2.05, 4.69) is 12.2 Å². The van der Waals surface area contributed by atoms with Crippen LogP contribution in [0.4, 0.5) is 0 Å². The second-order valence-electron chi connectivity index (χ2n) is 1.79. The van der Waals surface area contributed by atoms with Crippen LogP contribution < -0.4 is 0 Å². The van der Waals surface area contributed by atoms with E-state index in [0.717, 1.165) is 0 Å². The number of rotatable bonds is 2. The first-order valence-corrected chi connectivity index (χ1v) is 3.00. The van der Waals surface area contributed by atoms with Crippen LogP contribution in [0.15, 0.2) is 0 Å². The first-order valence-electron chi connectivity index (χ1n) is 2.52. The standard InChI is InChI=1S/C5H8OS/c7-4-6-5-2-1-3-5/h4-5H,1-3H2. The van der Waals surface area contributed by atoms with Gasteiger partial charge in [-0.1, -0.05) is 0 Å². The van der Waals surface area contributed by atoms with Crippen LogP contribution in [0.2, 0.25) is 0 Å². The Hall–Kier alpha value is -0.110. The van der Waals surface area contributed by atoms with Gasteiger partial charge in [-0.2, -0.15) is 0 Å². The van der Waals surface area contributed by atoms with E-state index in [1.807, 2.05) is 0 Å². The lowest BCUT2D eigenvalue weighted by atomic mass is 9.96. The summed E-state index contributed by atoms with van der Waals surface area (Å²) < 4.78 is 4.97. The molecule has 1 fully saturated rings. The molecule has 1 nitrogen and oxygen atoms in total. The summed E-state index contributed by atoms with van der Waals surface area (Å²) >= 11 is 4.48. The van der Waals surface area contributed by atoms with Gasteiger partial charge < -0.3 is 4.74 Å². The van der Waals surface area contributed by atoms with Gasteiger partial charge in [0.1, 0.15) is 5.55 Å². The minimum absolute atomic E-state index is 0.470. The van der Waals surface area contributed by atoms with Crippen molar-refractivity contribution in [2.75, 3.05) is 0 Å². The van der Waals surface area contributed by atoms with E-state index < -0.39 is 0 Å². The minimum atomic E-state index is 0.470. The van der Waals surface area contributed by atoms with Crippen molar-refractivity contribution in [1.29, 1.82) is 0 Å². The number of thiocarbonyl (C=S) groups is 1. The zero-order valence-corrected chi connectivity index (χ0v) is 4.91. The second kappa shape index (κ2) is 2.26. The highest BCUT2D eigenvalue weighted by Gasteiger charge is 2.16. The minimum Gasteiger partial charge on any atom is -0.487 e. The summed E-state index contributed by atoms with van der Waals surface area (Å²) in [6.45, 7) is 0. The van der Waals surface area contributed by atoms with Crippen LogP contribution in [-0.4, -0.2) is 11.7 Å². The summed E-state index contributed by atoms with van der Waals surface area (Å²) in [5, 5.41) is 0. The molecule has 0 spiro atoms. The number of hydrogen-bond donors (Lipinski definition) is 0. The van der Waals surface area contributed by atoms with Gasteiger partial charge in [-0.15, -0.1) is 0 Å². The Kier molecular flexibility index (Phi) is 1.63. The van der Waals surface area contributed by atoms with E-state index in [1.165, 1.54) is 24.8 Å². The van der Waals surface area contributed by atoms with Crippen molar-refractivity contribution >= 4 is 17.8 Å². The van der Waals surface area contributed by atoms with Crippen molar-refractivity contribution in [1.82, 2.24) is 0 Å². The quantitative estimate of drug-likeness (QED) is 0.506. The second-order valence-corrected chi connectivity index (χ2v) is 1.98. The largest absolute Gasteiger partial charge is 0.487 e. The SMILES string of the molecule is S=COC1CCC1. The van der Waals surface area contributed by atoms with Gasteiger partial charge in [0.05, 0.1) is 6.10 Å². The van der Waals surface area contributed by atoms with Crippen molar-refractivity contribution in [2.45, 2.75) is 25.4 Å². The fraction of sp³-hybridized carbons (Fsp3) is 0.800. The fourth-order valence-corrected chi connectivity index (χ4v) is 0.743. The van der Waals surface area contributed by atoms with Crippen LogP contribution in [0.1, 0.15) is 19.3 Å². The molecule has 1 rings (SSSR count). The van der Waals surface area contributed by atoms with Crippen molar-refractivity contribution in [3.63, 3.8) is 0 Å². The van der Waals surface area contributed by atoms with Gasteiger partial charge >= 0.3 is 0 Å². The molecule has 0 heterocycles. The molecule has 0 unspecified atom stereocenters. The molecule has 2 heteroatoms. The molecular formula is C5H8OS. The molecule has 1 saturated carbocycles. The summed E-state index contributed by atoms with van der Waals surface area (Å²) in [7, 11) is 0. The average Bonchev–Trinajstić information content (AvgIpc) is 1.55. The molecular weight excluding hydrogens is 108 g/mol. The van der Waals surface area contributed by atoms with E-state index in [4.69, 9.17) is 4.74 Å². The molecule has 0 aromatic heterocycles. The highest BCUT2D eigenvalue weighted by atomic mass is 32.1. The van der Waals surface area contributed by atoms with Gasteiger partial charge in [-0.05, 0) is 31.5 Å². The molecule has 40 valence electrons. The molecule has 0 aliphatic heterocycles. The molecule has 1 aliphatic carbocycles. The van der Waals surface area contributed by atoms with Crippen LogP contribution in [0.3, 0.4) is 0 Å². The Morgan fingerprint density at radius 2 is 2.29 bits per heavy atom. The number of hydrogen-bond acceptors (Lipinski definition) is 2. The number of ether oxygens (including phenoxy) is 1. The summed E-state index contributed by atoms with van der Waals surface area (Å²) in [4.78, 5) is 0. The molecule has 0 atom stereocenters. The average molecular weight is 116 g/mol. The topological polar surface area (TPSA) is 9.23 Å². The van der Waals surface area contributed by atoms with Crippen molar-refractivity contribution in [3.8, 4) is 0 Å². The third-order valence-electron chi connectivity index (χ3n) is 1.30. The summed E-state index contributed by atoms with van der Waals surface area (Å²) in [5.41, 5.74) is 1.36. The molecule has 0 amide bonds. The fourth-order valence-electron chi connectivity index (χ4n) is 0.585. The van der Waals surface area contributed by atoms with Crippen LogP contribution >= 0.6 is 12.2 Å². The van der Waals surface area contributed by atoms with Gasteiger partial charge in [0.15, 0.2) is 0 Å². The lowest BCUT2D eigenvalue weighted by Crippen LogP contribution is -2.19. The Balaban J connectivity index is 2.03. The smallest absolute Gasteiger partial charge is 0.146 e. The summed E-state index contributed by atoms with van der Waals surface area (Å²) in [6.07, 6.45) is 4.19. The predicted molar refractivity (Wildman–Crippen MR) is 32.4 cm³/mol. The summed E-state index contributed by atoms with van der Waals surface area (Å²) in [6, 6.07) is 0. The van der Waals surface area contributed by atoms with E-state index >= 15 is 0 Å². The lowest BCUT2D eigenvalue weighted by Gasteiger charge is -2.23. The van der Waals surface area contributed by atoms with Gasteiger partial charge in [0, 0.05) is 0 Å². The van der Waals surface area contributed by atoms with Crippen molar-refractivity contribution < 1.29 is 4.74 Å². The van der Waals surface area contributed by atoms with Gasteiger partial charge in [-0.25, -0.2) is 0 Å². The zero-order chi connectivity index (χ0) is 5.11. The molecule has 0 saturated heterocycles. The molecule has 0 radical (unpaired) electrons. The molecule has 1 aliphatic rings. The third kappa shape index (κ3) is 1.13. The van der Waals surface area contributed by atoms with Crippen LogP contribution in [0, 0.1) is 0 Å². The van der Waals surface area contributed by atoms with Crippen molar-refractivity contribution in [2.24, 2.45) is 0 Å². The van der Waals surface area contributed by atoms with Gasteiger partial charge in [0.25, 0.3) is 0 Å². The van der Waals surface area contributed by atoms with Gasteiger partial charge in [-0.3, -0.25) is 0 Å². The zero-order valence-electron chi connectivity index (χ0n) is 4.09. The van der Waals surface area contributed by atoms with Crippen molar-refractivity contribution in [3.05, 3.63) is 0 Å². The molecule has 7 heavy (non-hydrogen) atoms. The lowest BCUT2D eigenvalue weighted by molar-refractivity contribution is 0.120. The van der Waals surface area contributed by atoms with E-state index in [1.54, 1.807) is 0 Å². The van der Waals surface area contributed by atoms with E-state index in [-0.39, 0.29) is 0 Å². The maximum Gasteiger partial charge on any atom is 0.146 e. The first kappa shape index (κ1) is 5.04. The van der Waals surface area contributed by atoms with E-state index in [9.17, 15) is 0 Å². The Morgan fingerprint density at radius 3 is 2.43 bits per heavy atom. The van der Waals surface area contributed by atoms with Crippen LogP contribution in [0.25, 0.3) is 0 Å². The Labute approximate surface area is 48.7 Å². The van der Waals surface area contributed by atoms with Gasteiger partial charge in [0.2, 0.25) is 0 Å². The van der Waals surface area contributed by atoms with Crippen LogP contribution in [0.5, 0.6) is 0 Å². The monoisotopic (exact) mass is 116 g/mol. The molecule has 0 N–H and O–H groups in total. The first-order chi connectivity index (χ1) is 3.43. The highest BCUT2D eigenvalue weighted by molar-refractivity contribution is 7.78. The third-order valence-corrected chi connectivity index (χ3v) is 1.41. The molecule has 0 bridgehead atoms. The maximum atomic E-state index is 4.97. The Morgan fingerprint density at radius 1 is 1.57 bits per heavy atom. The van der Waals surface area contributed by atoms with E-state index in [0.29, 0.717) is 6.10 Å². The molecule has 0 aromatic rings. The predicted octanol–water partition coefficient (Wildman–Crippen LogP) is 1.51. The normalized spacial score (nSPS) is 20.6. The van der Waals surface area contributed by atoms with Crippen LogP contribution in [-0.2, 0) is 4.74 Å².